The van der Waals surface area contributed by atoms with Gasteiger partial charge in [-0.15, -0.1) is 0 Å². The van der Waals surface area contributed by atoms with Gasteiger partial charge in [-0.25, -0.2) is 0 Å². The van der Waals surface area contributed by atoms with Crippen molar-refractivity contribution in [2.24, 2.45) is 11.8 Å². The van der Waals surface area contributed by atoms with Gasteiger partial charge in [0.25, 0.3) is 0 Å². The van der Waals surface area contributed by atoms with E-state index in [-0.39, 0.29) is 12.9 Å². The summed E-state index contributed by atoms with van der Waals surface area (Å²) in [6, 6.07) is 0. The van der Waals surface area contributed by atoms with Crippen molar-refractivity contribution in [1.29, 1.82) is 0 Å². The molecule has 1 saturated carbocycles. The lowest BCUT2D eigenvalue weighted by Crippen LogP contribution is -2.22. The summed E-state index contributed by atoms with van der Waals surface area (Å²) < 4.78 is 10.7. The number of methoxy groups -OCH3 is 1. The molecule has 1 saturated heterocycles. The zero-order chi connectivity index (χ0) is 7.84. The van der Waals surface area contributed by atoms with E-state index in [1.807, 2.05) is 0 Å². The molecule has 0 aromatic heterocycles. The largest absolute Gasteiger partial charge is 0.396 e. The number of rotatable bonds is 3. The van der Waals surface area contributed by atoms with Crippen LogP contribution in [0.5, 0.6) is 0 Å². The predicted octanol–water partition coefficient (Wildman–Crippen LogP) is 0.376. The van der Waals surface area contributed by atoms with Crippen LogP contribution in [0.1, 0.15) is 12.8 Å². The van der Waals surface area contributed by atoms with Gasteiger partial charge in [0.2, 0.25) is 0 Å². The Kier molecular flexibility index (Phi) is 1.87. The molecule has 0 bridgehead atoms. The first-order chi connectivity index (χ1) is 5.36. The average Bonchev–Trinajstić information content (AvgIpc) is 2.70. The van der Waals surface area contributed by atoms with Crippen LogP contribution < -0.4 is 0 Å². The maximum atomic E-state index is 8.77. The van der Waals surface area contributed by atoms with Crippen LogP contribution in [0.4, 0.5) is 0 Å². The highest BCUT2D eigenvalue weighted by Crippen LogP contribution is 2.50. The molecule has 0 unspecified atom stereocenters. The molecule has 0 amide bonds. The van der Waals surface area contributed by atoms with E-state index in [2.05, 4.69) is 0 Å². The van der Waals surface area contributed by atoms with Crippen LogP contribution in [0, 0.1) is 11.8 Å². The summed E-state index contributed by atoms with van der Waals surface area (Å²) in [5.74, 6) is 1.11. The van der Waals surface area contributed by atoms with Crippen LogP contribution in [-0.4, -0.2) is 31.2 Å². The molecule has 1 aliphatic heterocycles. The minimum absolute atomic E-state index is 0.0501. The van der Waals surface area contributed by atoms with Gasteiger partial charge in [-0.1, -0.05) is 0 Å². The standard InChI is InChI=1S/C8H14O3/c1-10-8-5(2-3-9)6-4-7(6)11-8/h5-9H,2-4H2,1H3/t5-,6-,7-,8-/m1/s1. The summed E-state index contributed by atoms with van der Waals surface area (Å²) in [5, 5.41) is 8.77. The first kappa shape index (κ1) is 7.53. The number of aliphatic hydroxyl groups excluding tert-OH is 1. The van der Waals surface area contributed by atoms with Crippen LogP contribution in [0.2, 0.25) is 0 Å². The van der Waals surface area contributed by atoms with E-state index in [4.69, 9.17) is 14.6 Å². The topological polar surface area (TPSA) is 38.7 Å². The molecular formula is C8H14O3. The number of hydrogen-bond donors (Lipinski definition) is 1. The Morgan fingerprint density at radius 1 is 1.64 bits per heavy atom. The summed E-state index contributed by atoms with van der Waals surface area (Å²) in [6.07, 6.45) is 2.38. The van der Waals surface area contributed by atoms with E-state index in [0.29, 0.717) is 17.9 Å². The van der Waals surface area contributed by atoms with Crippen LogP contribution in [-0.2, 0) is 9.47 Å². The summed E-state index contributed by atoms with van der Waals surface area (Å²) in [4.78, 5) is 0. The third-order valence-corrected chi connectivity index (χ3v) is 2.68. The van der Waals surface area contributed by atoms with Gasteiger partial charge in [0.15, 0.2) is 6.29 Å². The molecule has 2 rings (SSSR count). The molecular weight excluding hydrogens is 144 g/mol. The fraction of sp³-hybridized carbons (Fsp3) is 1.00. The lowest BCUT2D eigenvalue weighted by Gasteiger charge is -2.18. The van der Waals surface area contributed by atoms with Crippen molar-refractivity contribution in [1.82, 2.24) is 0 Å². The maximum Gasteiger partial charge on any atom is 0.160 e. The molecule has 0 aromatic rings. The first-order valence-corrected chi connectivity index (χ1v) is 4.16. The van der Waals surface area contributed by atoms with E-state index >= 15 is 0 Å². The molecule has 11 heavy (non-hydrogen) atoms. The zero-order valence-corrected chi connectivity index (χ0v) is 6.69. The molecule has 2 fully saturated rings. The molecule has 2 aliphatic rings. The second kappa shape index (κ2) is 2.73. The first-order valence-electron chi connectivity index (χ1n) is 4.16. The molecule has 64 valence electrons. The van der Waals surface area contributed by atoms with E-state index in [1.165, 1.54) is 6.42 Å². The van der Waals surface area contributed by atoms with Gasteiger partial charge >= 0.3 is 0 Å². The van der Waals surface area contributed by atoms with Crippen molar-refractivity contribution in [2.75, 3.05) is 13.7 Å². The van der Waals surface area contributed by atoms with Crippen molar-refractivity contribution >= 4 is 0 Å². The van der Waals surface area contributed by atoms with Gasteiger partial charge in [-0.2, -0.15) is 0 Å². The Morgan fingerprint density at radius 3 is 3.09 bits per heavy atom. The summed E-state index contributed by atoms with van der Waals surface area (Å²) in [7, 11) is 1.67. The molecule has 4 atom stereocenters. The molecule has 0 spiro atoms. The van der Waals surface area contributed by atoms with Crippen molar-refractivity contribution < 1.29 is 14.6 Å². The molecule has 1 aliphatic carbocycles. The second-order valence-electron chi connectivity index (χ2n) is 3.35. The Morgan fingerprint density at radius 2 is 2.45 bits per heavy atom. The monoisotopic (exact) mass is 158 g/mol. The highest BCUT2D eigenvalue weighted by atomic mass is 16.7. The van der Waals surface area contributed by atoms with Gasteiger partial charge in [0.05, 0.1) is 6.10 Å². The maximum absolute atomic E-state index is 8.77. The Balaban J connectivity index is 1.92. The van der Waals surface area contributed by atoms with Crippen LogP contribution in [0.3, 0.4) is 0 Å². The van der Waals surface area contributed by atoms with Crippen molar-refractivity contribution in [2.45, 2.75) is 25.2 Å². The van der Waals surface area contributed by atoms with E-state index < -0.39 is 0 Å². The molecule has 0 aromatic carbocycles. The third kappa shape index (κ3) is 1.17. The quantitative estimate of drug-likeness (QED) is 0.645. The van der Waals surface area contributed by atoms with Gasteiger partial charge in [0.1, 0.15) is 0 Å². The second-order valence-corrected chi connectivity index (χ2v) is 3.35. The molecule has 3 nitrogen and oxygen atoms in total. The smallest absolute Gasteiger partial charge is 0.160 e. The number of hydrogen-bond acceptors (Lipinski definition) is 3. The predicted molar refractivity (Wildman–Crippen MR) is 39.0 cm³/mol. The third-order valence-electron chi connectivity index (χ3n) is 2.68. The average molecular weight is 158 g/mol. The van der Waals surface area contributed by atoms with E-state index in [9.17, 15) is 0 Å². The van der Waals surface area contributed by atoms with Gasteiger partial charge in [-0.05, 0) is 18.8 Å². The van der Waals surface area contributed by atoms with Crippen molar-refractivity contribution in [3.05, 3.63) is 0 Å². The number of aliphatic hydroxyl groups is 1. The fourth-order valence-electron chi connectivity index (χ4n) is 2.00. The normalized spacial score (nSPS) is 47.5. The molecule has 3 heteroatoms. The Hall–Kier alpha value is -0.120. The summed E-state index contributed by atoms with van der Waals surface area (Å²) in [5.41, 5.74) is 0. The van der Waals surface area contributed by atoms with Crippen LogP contribution in [0.15, 0.2) is 0 Å². The highest BCUT2D eigenvalue weighted by molar-refractivity contribution is 4.99. The zero-order valence-electron chi connectivity index (χ0n) is 6.69. The minimum atomic E-state index is -0.0501. The fourth-order valence-corrected chi connectivity index (χ4v) is 2.00. The lowest BCUT2D eigenvalue weighted by molar-refractivity contribution is -0.134. The Bertz CT molecular complexity index is 148. The Labute approximate surface area is 66.3 Å². The van der Waals surface area contributed by atoms with Crippen molar-refractivity contribution in [3.63, 3.8) is 0 Å². The highest BCUT2D eigenvalue weighted by Gasteiger charge is 2.54. The SMILES string of the molecule is CO[C@@H]1O[C@@H]2C[C@@H]2[C@H]1CCO. The minimum Gasteiger partial charge on any atom is -0.396 e. The number of fused-ring (bicyclic) bond motifs is 1. The molecule has 1 heterocycles. The van der Waals surface area contributed by atoms with E-state index in [1.54, 1.807) is 7.11 Å². The number of ether oxygens (including phenoxy) is 2. The van der Waals surface area contributed by atoms with Gasteiger partial charge < -0.3 is 14.6 Å². The lowest BCUT2D eigenvalue weighted by atomic mass is 10.0. The van der Waals surface area contributed by atoms with Crippen LogP contribution in [0.25, 0.3) is 0 Å². The van der Waals surface area contributed by atoms with Crippen molar-refractivity contribution in [3.8, 4) is 0 Å². The van der Waals surface area contributed by atoms with E-state index in [0.717, 1.165) is 6.42 Å². The van der Waals surface area contributed by atoms with Gasteiger partial charge in [-0.3, -0.25) is 0 Å². The molecule has 0 radical (unpaired) electrons. The molecule has 1 N–H and O–H groups in total. The van der Waals surface area contributed by atoms with Crippen LogP contribution >= 0.6 is 0 Å². The van der Waals surface area contributed by atoms with Gasteiger partial charge in [0, 0.05) is 19.6 Å². The summed E-state index contributed by atoms with van der Waals surface area (Å²) in [6.45, 7) is 0.247. The summed E-state index contributed by atoms with van der Waals surface area (Å²) >= 11 is 0.